The summed E-state index contributed by atoms with van der Waals surface area (Å²) in [6.45, 7) is 4.88. The van der Waals surface area contributed by atoms with Gasteiger partial charge in [0.25, 0.3) is 0 Å². The first-order valence-corrected chi connectivity index (χ1v) is 12.3. The molecule has 5 rings (SSSR count). The number of para-hydroxylation sites is 2. The fourth-order valence-corrected chi connectivity index (χ4v) is 5.78. The average Bonchev–Trinajstić information content (AvgIpc) is 3.24. The van der Waals surface area contributed by atoms with Gasteiger partial charge in [-0.05, 0) is 43.7 Å². The van der Waals surface area contributed by atoms with Crippen molar-refractivity contribution < 1.29 is 4.79 Å². The van der Waals surface area contributed by atoms with Crippen LogP contribution in [0.4, 0.5) is 11.4 Å². The summed E-state index contributed by atoms with van der Waals surface area (Å²) < 4.78 is 2.08. The minimum absolute atomic E-state index is 0.0262. The van der Waals surface area contributed by atoms with E-state index in [2.05, 4.69) is 52.9 Å². The zero-order valence-electron chi connectivity index (χ0n) is 17.9. The Bertz CT molecular complexity index is 1260. The molecule has 1 aromatic heterocycles. The van der Waals surface area contributed by atoms with Gasteiger partial charge in [-0.2, -0.15) is 0 Å². The molecular formula is C25H22N4OS2. The third kappa shape index (κ3) is 3.72. The van der Waals surface area contributed by atoms with E-state index < -0.39 is 0 Å². The van der Waals surface area contributed by atoms with E-state index in [0.29, 0.717) is 0 Å². The molecule has 4 aromatic rings. The highest BCUT2D eigenvalue weighted by Crippen LogP contribution is 2.48. The van der Waals surface area contributed by atoms with Crippen molar-refractivity contribution >= 4 is 40.8 Å². The number of fused-ring (bicyclic) bond motifs is 2. The Kier molecular flexibility index (Phi) is 5.76. The molecule has 0 atom stereocenters. The molecule has 1 amide bonds. The monoisotopic (exact) mass is 458 g/mol. The van der Waals surface area contributed by atoms with Crippen LogP contribution >= 0.6 is 23.5 Å². The van der Waals surface area contributed by atoms with Crippen molar-refractivity contribution in [3.8, 4) is 11.4 Å². The number of benzene rings is 3. The molecule has 32 heavy (non-hydrogen) atoms. The highest BCUT2D eigenvalue weighted by atomic mass is 32.2. The van der Waals surface area contributed by atoms with E-state index >= 15 is 0 Å². The predicted octanol–water partition coefficient (Wildman–Crippen LogP) is 6.20. The second-order valence-corrected chi connectivity index (χ2v) is 9.45. The molecule has 7 heteroatoms. The summed E-state index contributed by atoms with van der Waals surface area (Å²) in [5.74, 6) is 1.14. The van der Waals surface area contributed by atoms with Crippen molar-refractivity contribution in [3.05, 3.63) is 78.4 Å². The molecule has 0 unspecified atom stereocenters. The van der Waals surface area contributed by atoms with Crippen LogP contribution < -0.4 is 4.90 Å². The lowest BCUT2D eigenvalue weighted by Crippen LogP contribution is -2.30. The van der Waals surface area contributed by atoms with E-state index in [1.54, 1.807) is 11.8 Å². The van der Waals surface area contributed by atoms with Crippen molar-refractivity contribution in [1.82, 2.24) is 14.8 Å². The normalized spacial score (nSPS) is 12.4. The third-order valence-corrected chi connectivity index (χ3v) is 7.51. The summed E-state index contributed by atoms with van der Waals surface area (Å²) in [4.78, 5) is 17.5. The van der Waals surface area contributed by atoms with Gasteiger partial charge in [0.15, 0.2) is 11.0 Å². The zero-order valence-corrected chi connectivity index (χ0v) is 19.5. The van der Waals surface area contributed by atoms with Crippen molar-refractivity contribution in [2.75, 3.05) is 10.7 Å². The molecule has 0 saturated heterocycles. The zero-order chi connectivity index (χ0) is 22.1. The van der Waals surface area contributed by atoms with Gasteiger partial charge in [-0.1, -0.05) is 72.1 Å². The molecule has 0 spiro atoms. The van der Waals surface area contributed by atoms with Crippen molar-refractivity contribution in [2.24, 2.45) is 0 Å². The molecule has 0 fully saturated rings. The standard InChI is InChI=1S/C25H22N4OS2/c1-3-28-24(18-11-5-4-10-17(18)2)26-27-25(28)31-16-23(30)29-19-12-6-8-14-21(19)32-22-15-9-7-13-20(22)29/h4-15H,3,16H2,1-2H3. The van der Waals surface area contributed by atoms with Crippen LogP contribution in [0.3, 0.4) is 0 Å². The second-order valence-electron chi connectivity index (χ2n) is 7.42. The molecule has 1 aliphatic rings. The van der Waals surface area contributed by atoms with Gasteiger partial charge in [0.05, 0.1) is 17.1 Å². The number of thioether (sulfide) groups is 1. The Morgan fingerprint density at radius 2 is 1.53 bits per heavy atom. The molecule has 3 aromatic carbocycles. The lowest BCUT2D eigenvalue weighted by molar-refractivity contribution is -0.115. The second kappa shape index (κ2) is 8.84. The molecule has 0 radical (unpaired) electrons. The van der Waals surface area contributed by atoms with Crippen LogP contribution in [0.5, 0.6) is 0 Å². The number of hydrogen-bond donors (Lipinski definition) is 0. The van der Waals surface area contributed by atoms with E-state index in [1.165, 1.54) is 11.8 Å². The Morgan fingerprint density at radius 3 is 2.19 bits per heavy atom. The van der Waals surface area contributed by atoms with Crippen LogP contribution in [0, 0.1) is 6.92 Å². The molecular weight excluding hydrogens is 436 g/mol. The summed E-state index contributed by atoms with van der Waals surface area (Å²) in [6, 6.07) is 24.3. The molecule has 160 valence electrons. The van der Waals surface area contributed by atoms with Crippen molar-refractivity contribution in [1.29, 1.82) is 0 Å². The van der Waals surface area contributed by atoms with Crippen molar-refractivity contribution in [2.45, 2.75) is 35.3 Å². The number of aromatic nitrogens is 3. The molecule has 0 aliphatic carbocycles. The van der Waals surface area contributed by atoms with Gasteiger partial charge in [-0.15, -0.1) is 10.2 Å². The Balaban J connectivity index is 1.43. The maximum Gasteiger partial charge on any atom is 0.242 e. The largest absolute Gasteiger partial charge is 0.302 e. The molecule has 2 heterocycles. The number of nitrogens with zero attached hydrogens (tertiary/aromatic N) is 4. The van der Waals surface area contributed by atoms with Gasteiger partial charge in [0, 0.05) is 21.9 Å². The number of anilines is 2. The highest BCUT2D eigenvalue weighted by molar-refractivity contribution is 8.00. The smallest absolute Gasteiger partial charge is 0.242 e. The minimum atomic E-state index is 0.0262. The molecule has 5 nitrogen and oxygen atoms in total. The lowest BCUT2D eigenvalue weighted by Gasteiger charge is -2.30. The fraction of sp³-hybridized carbons (Fsp3) is 0.160. The lowest BCUT2D eigenvalue weighted by atomic mass is 10.1. The number of amides is 1. The maximum absolute atomic E-state index is 13.5. The SMILES string of the molecule is CCn1c(SCC(=O)N2c3ccccc3Sc3ccccc32)nnc1-c1ccccc1C. The van der Waals surface area contributed by atoms with E-state index in [-0.39, 0.29) is 11.7 Å². The topological polar surface area (TPSA) is 51.0 Å². The summed E-state index contributed by atoms with van der Waals surface area (Å²) in [5, 5.41) is 9.61. The van der Waals surface area contributed by atoms with E-state index in [9.17, 15) is 4.79 Å². The van der Waals surface area contributed by atoms with E-state index in [1.807, 2.05) is 53.4 Å². The Hall–Kier alpha value is -3.03. The first-order valence-electron chi connectivity index (χ1n) is 10.5. The number of hydrogen-bond acceptors (Lipinski definition) is 5. The molecule has 0 bridgehead atoms. The van der Waals surface area contributed by atoms with Gasteiger partial charge >= 0.3 is 0 Å². The number of aryl methyl sites for hydroxylation is 1. The van der Waals surface area contributed by atoms with Crippen LogP contribution in [-0.4, -0.2) is 26.4 Å². The Labute approximate surface area is 195 Å². The summed E-state index contributed by atoms with van der Waals surface area (Å²) >= 11 is 3.13. The van der Waals surface area contributed by atoms with Crippen LogP contribution in [0.25, 0.3) is 11.4 Å². The van der Waals surface area contributed by atoms with Crippen LogP contribution in [0.1, 0.15) is 12.5 Å². The highest BCUT2D eigenvalue weighted by Gasteiger charge is 2.28. The predicted molar refractivity (Wildman–Crippen MR) is 131 cm³/mol. The van der Waals surface area contributed by atoms with Gasteiger partial charge in [-0.25, -0.2) is 0 Å². The van der Waals surface area contributed by atoms with E-state index in [0.717, 1.165) is 49.8 Å². The average molecular weight is 459 g/mol. The third-order valence-electron chi connectivity index (χ3n) is 5.43. The van der Waals surface area contributed by atoms with Crippen molar-refractivity contribution in [3.63, 3.8) is 0 Å². The van der Waals surface area contributed by atoms with Crippen LogP contribution in [0.2, 0.25) is 0 Å². The summed E-state index contributed by atoms with van der Waals surface area (Å²) in [7, 11) is 0. The molecule has 0 saturated carbocycles. The number of carbonyl (C=O) groups excluding carboxylic acids is 1. The van der Waals surface area contributed by atoms with Gasteiger partial charge in [0.1, 0.15) is 0 Å². The van der Waals surface area contributed by atoms with Gasteiger partial charge in [0.2, 0.25) is 5.91 Å². The fourth-order valence-electron chi connectivity index (χ4n) is 3.87. The molecule has 0 N–H and O–H groups in total. The maximum atomic E-state index is 13.5. The van der Waals surface area contributed by atoms with Crippen LogP contribution in [-0.2, 0) is 11.3 Å². The summed E-state index contributed by atoms with van der Waals surface area (Å²) in [6.07, 6.45) is 0. The minimum Gasteiger partial charge on any atom is -0.302 e. The first kappa shape index (κ1) is 20.8. The van der Waals surface area contributed by atoms with E-state index in [4.69, 9.17) is 0 Å². The quantitative estimate of drug-likeness (QED) is 0.334. The Morgan fingerprint density at radius 1 is 0.906 bits per heavy atom. The number of carbonyl (C=O) groups is 1. The van der Waals surface area contributed by atoms with Gasteiger partial charge in [-0.3, -0.25) is 9.69 Å². The first-order chi connectivity index (χ1) is 15.7. The summed E-state index contributed by atoms with van der Waals surface area (Å²) in [5.41, 5.74) is 4.08. The van der Waals surface area contributed by atoms with Crippen LogP contribution in [0.15, 0.2) is 87.7 Å². The molecule has 1 aliphatic heterocycles. The van der Waals surface area contributed by atoms with Gasteiger partial charge < -0.3 is 4.57 Å². The number of rotatable bonds is 5.